The zero-order valence-corrected chi connectivity index (χ0v) is 20.6. The highest BCUT2D eigenvalue weighted by atomic mass is 31.2. The van der Waals surface area contributed by atoms with Crippen LogP contribution in [0.3, 0.4) is 0 Å². The first kappa shape index (κ1) is 29.9. The Kier molecular flexibility index (Phi) is 14.1. The van der Waals surface area contributed by atoms with Gasteiger partial charge in [-0.15, -0.1) is 0 Å². The minimum Gasteiger partial charge on any atom is -0.391 e. The Labute approximate surface area is 182 Å². The van der Waals surface area contributed by atoms with Crippen molar-refractivity contribution in [1.29, 1.82) is 0 Å². The van der Waals surface area contributed by atoms with E-state index >= 15 is 0 Å². The van der Waals surface area contributed by atoms with Crippen molar-refractivity contribution in [2.75, 3.05) is 92.0 Å². The van der Waals surface area contributed by atoms with Gasteiger partial charge in [0.15, 0.2) is 0 Å². The maximum Gasteiger partial charge on any atom is 0.336 e. The summed E-state index contributed by atoms with van der Waals surface area (Å²) in [6.45, 7) is 14.4. The molecule has 10 heteroatoms. The van der Waals surface area contributed by atoms with Gasteiger partial charge in [0.2, 0.25) is 0 Å². The average molecular weight is 459 g/mol. The van der Waals surface area contributed by atoms with Gasteiger partial charge in [-0.05, 0) is 34.6 Å². The SMILES string of the molecule is CC[N+](CCO)(CCO)CCOP(=O)(OCC[N+](CC)(CCO)CCO)C(C)(C)C. The minimum atomic E-state index is -3.44. The van der Waals surface area contributed by atoms with Crippen molar-refractivity contribution in [2.24, 2.45) is 0 Å². The van der Waals surface area contributed by atoms with E-state index in [2.05, 4.69) is 0 Å². The van der Waals surface area contributed by atoms with Crippen LogP contribution in [0.4, 0.5) is 0 Å². The molecule has 0 aromatic rings. The fraction of sp³-hybridized carbons (Fsp3) is 1.00. The Balaban J connectivity index is 5.15. The van der Waals surface area contributed by atoms with Gasteiger partial charge in [0, 0.05) is 0 Å². The molecule has 0 aliphatic heterocycles. The number of likely N-dealkylation sites (N-methyl/N-ethyl adjacent to an activating group) is 2. The molecule has 0 spiro atoms. The van der Waals surface area contributed by atoms with Crippen molar-refractivity contribution in [3.05, 3.63) is 0 Å². The van der Waals surface area contributed by atoms with Crippen molar-refractivity contribution in [3.63, 3.8) is 0 Å². The summed E-state index contributed by atoms with van der Waals surface area (Å²) in [5, 5.41) is 36.9. The fourth-order valence-electron chi connectivity index (χ4n) is 3.60. The smallest absolute Gasteiger partial charge is 0.336 e. The van der Waals surface area contributed by atoms with Crippen LogP contribution in [-0.2, 0) is 13.6 Å². The molecule has 9 nitrogen and oxygen atoms in total. The van der Waals surface area contributed by atoms with Gasteiger partial charge < -0.3 is 38.4 Å². The van der Waals surface area contributed by atoms with E-state index in [0.29, 0.717) is 48.2 Å². The summed E-state index contributed by atoms with van der Waals surface area (Å²) in [5.41, 5.74) is 0. The predicted octanol–water partition coefficient (Wildman–Crippen LogP) is 0.654. The van der Waals surface area contributed by atoms with E-state index in [1.807, 2.05) is 34.6 Å². The molecule has 0 aliphatic carbocycles. The molecule has 0 fully saturated rings. The lowest BCUT2D eigenvalue weighted by Gasteiger charge is -2.39. The highest BCUT2D eigenvalue weighted by Gasteiger charge is 2.41. The molecule has 4 N–H and O–H groups in total. The lowest BCUT2D eigenvalue weighted by molar-refractivity contribution is -0.927. The third kappa shape index (κ3) is 9.18. The maximum absolute atomic E-state index is 13.6. The summed E-state index contributed by atoms with van der Waals surface area (Å²) in [6.07, 6.45) is 0. The van der Waals surface area contributed by atoms with E-state index < -0.39 is 12.8 Å². The summed E-state index contributed by atoms with van der Waals surface area (Å²) in [5.74, 6) is 0. The summed E-state index contributed by atoms with van der Waals surface area (Å²) in [7, 11) is -3.44. The minimum absolute atomic E-state index is 0.00794. The number of aliphatic hydroxyl groups excluding tert-OH is 4. The van der Waals surface area contributed by atoms with Crippen molar-refractivity contribution >= 4 is 7.60 Å². The van der Waals surface area contributed by atoms with Gasteiger partial charge in [-0.3, -0.25) is 4.57 Å². The van der Waals surface area contributed by atoms with Crippen LogP contribution in [0.25, 0.3) is 0 Å². The zero-order valence-electron chi connectivity index (χ0n) is 19.8. The molecule has 0 aliphatic rings. The zero-order chi connectivity index (χ0) is 23.3. The van der Waals surface area contributed by atoms with Crippen LogP contribution in [0.15, 0.2) is 0 Å². The number of hydrogen-bond donors (Lipinski definition) is 4. The molecular weight excluding hydrogens is 411 g/mol. The highest BCUT2D eigenvalue weighted by molar-refractivity contribution is 7.55. The lowest BCUT2D eigenvalue weighted by Crippen LogP contribution is -2.53. The van der Waals surface area contributed by atoms with Crippen molar-refractivity contribution in [3.8, 4) is 0 Å². The van der Waals surface area contributed by atoms with Gasteiger partial charge in [-0.2, -0.15) is 0 Å². The van der Waals surface area contributed by atoms with Crippen LogP contribution in [0, 0.1) is 0 Å². The van der Waals surface area contributed by atoms with E-state index in [9.17, 15) is 25.0 Å². The Morgan fingerprint density at radius 2 is 0.967 bits per heavy atom. The first-order valence-corrected chi connectivity index (χ1v) is 12.6. The number of quaternary nitrogens is 2. The fourth-order valence-corrected chi connectivity index (χ4v) is 5.10. The molecule has 0 amide bonds. The molecule has 0 radical (unpaired) electrons. The van der Waals surface area contributed by atoms with Gasteiger partial charge in [0.1, 0.15) is 52.5 Å². The largest absolute Gasteiger partial charge is 0.391 e. The van der Waals surface area contributed by atoms with E-state index in [1.54, 1.807) is 0 Å². The van der Waals surface area contributed by atoms with Gasteiger partial charge in [-0.25, -0.2) is 0 Å². The van der Waals surface area contributed by atoms with Gasteiger partial charge >= 0.3 is 7.60 Å². The van der Waals surface area contributed by atoms with Crippen LogP contribution >= 0.6 is 7.60 Å². The molecule has 0 unspecified atom stereocenters. The quantitative estimate of drug-likeness (QED) is 0.176. The Morgan fingerprint density at radius 3 is 1.17 bits per heavy atom. The summed E-state index contributed by atoms with van der Waals surface area (Å²) in [6, 6.07) is 0. The van der Waals surface area contributed by atoms with Crippen molar-refractivity contribution < 1.29 is 43.0 Å². The second-order valence-corrected chi connectivity index (χ2v) is 11.7. The Bertz CT molecular complexity index is 454. The summed E-state index contributed by atoms with van der Waals surface area (Å²) < 4.78 is 26.3. The number of aliphatic hydroxyl groups is 4. The summed E-state index contributed by atoms with van der Waals surface area (Å²) >= 11 is 0. The van der Waals surface area contributed by atoms with E-state index in [4.69, 9.17) is 9.05 Å². The van der Waals surface area contributed by atoms with E-state index in [0.717, 1.165) is 13.1 Å². The normalized spacial score (nSPS) is 13.8. The third-order valence-electron chi connectivity index (χ3n) is 6.11. The monoisotopic (exact) mass is 458 g/mol. The van der Waals surface area contributed by atoms with Gasteiger partial charge in [0.25, 0.3) is 0 Å². The van der Waals surface area contributed by atoms with Crippen LogP contribution in [0.5, 0.6) is 0 Å². The maximum atomic E-state index is 13.6. The molecule has 0 heterocycles. The van der Waals surface area contributed by atoms with Crippen molar-refractivity contribution in [2.45, 2.75) is 39.8 Å². The summed E-state index contributed by atoms with van der Waals surface area (Å²) in [4.78, 5) is 0. The van der Waals surface area contributed by atoms with Crippen LogP contribution in [0.1, 0.15) is 34.6 Å². The number of nitrogens with zero attached hydrogens (tertiary/aromatic N) is 2. The van der Waals surface area contributed by atoms with Gasteiger partial charge in [0.05, 0.1) is 44.7 Å². The van der Waals surface area contributed by atoms with Crippen LogP contribution in [0.2, 0.25) is 0 Å². The molecule has 0 saturated carbocycles. The standard InChI is InChI=1S/C20H47N2O7P/c1-6-21(8-14-23,9-15-24)12-18-28-30(27,20(3,4)5)29-19-13-22(7-2,10-16-25)11-17-26/h23-26H,6-19H2,1-5H3/q+2. The molecular formula is C20H47N2O7P+2. The molecule has 0 aromatic heterocycles. The molecule has 0 rings (SSSR count). The molecule has 182 valence electrons. The van der Waals surface area contributed by atoms with E-state index in [-0.39, 0.29) is 39.6 Å². The average Bonchev–Trinajstić information content (AvgIpc) is 2.67. The van der Waals surface area contributed by atoms with Gasteiger partial charge in [-0.1, -0.05) is 0 Å². The van der Waals surface area contributed by atoms with E-state index in [1.165, 1.54) is 0 Å². The molecule has 0 saturated heterocycles. The first-order valence-electron chi connectivity index (χ1n) is 11.1. The third-order valence-corrected chi connectivity index (χ3v) is 8.80. The number of hydrogen-bond acceptors (Lipinski definition) is 7. The Morgan fingerprint density at radius 1 is 0.667 bits per heavy atom. The molecule has 0 aromatic carbocycles. The topological polar surface area (TPSA) is 116 Å². The second kappa shape index (κ2) is 14.1. The van der Waals surface area contributed by atoms with Crippen molar-refractivity contribution in [1.82, 2.24) is 0 Å². The van der Waals surface area contributed by atoms with Crippen LogP contribution in [-0.4, -0.2) is 127 Å². The Hall–Kier alpha value is -0.0900. The first-order chi connectivity index (χ1) is 14.0. The second-order valence-electron chi connectivity index (χ2n) is 8.89. The molecule has 0 atom stereocenters. The highest BCUT2D eigenvalue weighted by Crippen LogP contribution is 2.59. The molecule has 30 heavy (non-hydrogen) atoms. The lowest BCUT2D eigenvalue weighted by atomic mass is 10.3. The van der Waals surface area contributed by atoms with Crippen LogP contribution < -0.4 is 0 Å². The predicted molar refractivity (Wildman–Crippen MR) is 118 cm³/mol. The number of rotatable bonds is 18. The molecule has 0 bridgehead atoms.